The topological polar surface area (TPSA) is 64.3 Å². The highest BCUT2D eigenvalue weighted by molar-refractivity contribution is 5.76. The summed E-state index contributed by atoms with van der Waals surface area (Å²) in [4.78, 5) is 11.9. The molecule has 0 spiro atoms. The molecule has 1 unspecified atom stereocenters. The monoisotopic (exact) mass is 276 g/mol. The molecule has 1 atom stereocenters. The second-order valence-electron chi connectivity index (χ2n) is 5.52. The Morgan fingerprint density at radius 1 is 1.50 bits per heavy atom. The van der Waals surface area contributed by atoms with Gasteiger partial charge in [-0.25, -0.2) is 0 Å². The molecule has 110 valence electrons. The number of benzene rings is 1. The van der Waals surface area contributed by atoms with Crippen molar-refractivity contribution in [3.05, 3.63) is 24.3 Å². The maximum Gasteiger partial charge on any atom is 0.223 e. The van der Waals surface area contributed by atoms with Gasteiger partial charge in [0.2, 0.25) is 5.91 Å². The van der Waals surface area contributed by atoms with Gasteiger partial charge in [0, 0.05) is 17.8 Å². The minimum Gasteiger partial charge on any atom is -0.493 e. The van der Waals surface area contributed by atoms with Gasteiger partial charge in [-0.2, -0.15) is 0 Å². The zero-order valence-electron chi connectivity index (χ0n) is 12.1. The van der Waals surface area contributed by atoms with Crippen LogP contribution in [-0.4, -0.2) is 18.6 Å². The number of nitrogens with two attached hydrogens (primary N) is 1. The molecule has 1 saturated carbocycles. The smallest absolute Gasteiger partial charge is 0.223 e. The van der Waals surface area contributed by atoms with Crippen molar-refractivity contribution in [3.63, 3.8) is 0 Å². The van der Waals surface area contributed by atoms with E-state index in [0.717, 1.165) is 18.8 Å². The van der Waals surface area contributed by atoms with E-state index in [0.29, 0.717) is 30.5 Å². The summed E-state index contributed by atoms with van der Waals surface area (Å²) in [5, 5.41) is 3.09. The van der Waals surface area contributed by atoms with Crippen LogP contribution in [0.2, 0.25) is 0 Å². The average molecular weight is 276 g/mol. The van der Waals surface area contributed by atoms with Crippen LogP contribution in [0.4, 0.5) is 5.69 Å². The SMILES string of the molecule is CCC(CC1CC1)NC(=O)CCOc1cccc(N)c1. The second-order valence-corrected chi connectivity index (χ2v) is 5.52. The Kier molecular flexibility index (Phi) is 5.27. The zero-order chi connectivity index (χ0) is 14.4. The molecule has 1 amide bonds. The lowest BCUT2D eigenvalue weighted by molar-refractivity contribution is -0.122. The molecule has 0 heterocycles. The predicted molar refractivity (Wildman–Crippen MR) is 80.5 cm³/mol. The Balaban J connectivity index is 1.66. The summed E-state index contributed by atoms with van der Waals surface area (Å²) < 4.78 is 5.53. The fourth-order valence-electron chi connectivity index (χ4n) is 2.25. The van der Waals surface area contributed by atoms with Crippen molar-refractivity contribution in [1.29, 1.82) is 0 Å². The number of ether oxygens (including phenoxy) is 1. The van der Waals surface area contributed by atoms with Crippen LogP contribution >= 0.6 is 0 Å². The van der Waals surface area contributed by atoms with E-state index in [2.05, 4.69) is 12.2 Å². The van der Waals surface area contributed by atoms with Crippen LogP contribution in [-0.2, 0) is 4.79 Å². The third-order valence-corrected chi connectivity index (χ3v) is 3.63. The Bertz CT molecular complexity index is 444. The fraction of sp³-hybridized carbons (Fsp3) is 0.562. The molecule has 20 heavy (non-hydrogen) atoms. The molecule has 1 fully saturated rings. The van der Waals surface area contributed by atoms with Crippen LogP contribution < -0.4 is 15.8 Å². The predicted octanol–water partition coefficient (Wildman–Crippen LogP) is 2.73. The van der Waals surface area contributed by atoms with Gasteiger partial charge in [0.05, 0.1) is 13.0 Å². The Morgan fingerprint density at radius 3 is 2.95 bits per heavy atom. The van der Waals surface area contributed by atoms with Crippen LogP contribution in [0.25, 0.3) is 0 Å². The minimum absolute atomic E-state index is 0.0707. The lowest BCUT2D eigenvalue weighted by atomic mass is 10.1. The number of carbonyl (C=O) groups excluding carboxylic acids is 1. The third-order valence-electron chi connectivity index (χ3n) is 3.63. The second kappa shape index (κ2) is 7.17. The lowest BCUT2D eigenvalue weighted by Crippen LogP contribution is -2.35. The van der Waals surface area contributed by atoms with Gasteiger partial charge in [0.15, 0.2) is 0 Å². The first kappa shape index (κ1) is 14.7. The fourth-order valence-corrected chi connectivity index (χ4v) is 2.25. The van der Waals surface area contributed by atoms with Crippen molar-refractivity contribution in [2.45, 2.75) is 45.1 Å². The molecule has 4 heteroatoms. The molecule has 2 rings (SSSR count). The van der Waals surface area contributed by atoms with E-state index in [1.807, 2.05) is 18.2 Å². The van der Waals surface area contributed by atoms with E-state index in [4.69, 9.17) is 10.5 Å². The van der Waals surface area contributed by atoms with E-state index in [1.165, 1.54) is 12.8 Å². The molecule has 0 radical (unpaired) electrons. The van der Waals surface area contributed by atoms with Crippen LogP contribution in [0.5, 0.6) is 5.75 Å². The first-order valence-electron chi connectivity index (χ1n) is 7.45. The molecule has 0 bridgehead atoms. The highest BCUT2D eigenvalue weighted by atomic mass is 16.5. The number of nitrogen functional groups attached to an aromatic ring is 1. The molecular weight excluding hydrogens is 252 g/mol. The summed E-state index contributed by atoms with van der Waals surface area (Å²) in [5.41, 5.74) is 6.34. The minimum atomic E-state index is 0.0707. The number of rotatable bonds is 8. The van der Waals surface area contributed by atoms with Crippen LogP contribution in [0, 0.1) is 5.92 Å². The Hall–Kier alpha value is -1.71. The quantitative estimate of drug-likeness (QED) is 0.718. The van der Waals surface area contributed by atoms with E-state index >= 15 is 0 Å². The number of anilines is 1. The maximum atomic E-state index is 11.9. The van der Waals surface area contributed by atoms with Gasteiger partial charge in [-0.3, -0.25) is 4.79 Å². The Morgan fingerprint density at radius 2 is 2.30 bits per heavy atom. The number of hydrogen-bond acceptors (Lipinski definition) is 3. The summed E-state index contributed by atoms with van der Waals surface area (Å²) >= 11 is 0. The van der Waals surface area contributed by atoms with Crippen molar-refractivity contribution >= 4 is 11.6 Å². The molecular formula is C16H24N2O2. The number of hydrogen-bond donors (Lipinski definition) is 2. The lowest BCUT2D eigenvalue weighted by Gasteiger charge is -2.16. The summed E-state index contributed by atoms with van der Waals surface area (Å²) in [6.07, 6.45) is 5.16. The molecule has 0 aromatic heterocycles. The van der Waals surface area contributed by atoms with Crippen molar-refractivity contribution in [3.8, 4) is 5.75 Å². The van der Waals surface area contributed by atoms with Gasteiger partial charge in [0.25, 0.3) is 0 Å². The van der Waals surface area contributed by atoms with Crippen molar-refractivity contribution < 1.29 is 9.53 Å². The molecule has 1 aromatic carbocycles. The summed E-state index contributed by atoms with van der Waals surface area (Å²) in [7, 11) is 0. The third kappa shape index (κ3) is 5.11. The molecule has 1 aromatic rings. The van der Waals surface area contributed by atoms with Gasteiger partial charge in [-0.1, -0.05) is 25.8 Å². The molecule has 1 aliphatic rings. The number of nitrogens with one attached hydrogen (secondary N) is 1. The van der Waals surface area contributed by atoms with Crippen LogP contribution in [0.3, 0.4) is 0 Å². The standard InChI is InChI=1S/C16H24N2O2/c1-2-14(10-12-6-7-12)18-16(19)8-9-20-15-5-3-4-13(17)11-15/h3-5,11-12,14H,2,6-10,17H2,1H3,(H,18,19). The number of amides is 1. The Labute approximate surface area is 120 Å². The number of carbonyl (C=O) groups is 1. The van der Waals surface area contributed by atoms with E-state index in [9.17, 15) is 4.79 Å². The highest BCUT2D eigenvalue weighted by Gasteiger charge is 2.25. The van der Waals surface area contributed by atoms with Gasteiger partial charge < -0.3 is 15.8 Å². The first-order chi connectivity index (χ1) is 9.67. The van der Waals surface area contributed by atoms with Crippen molar-refractivity contribution in [2.75, 3.05) is 12.3 Å². The molecule has 1 aliphatic carbocycles. The molecule has 0 aliphatic heterocycles. The first-order valence-corrected chi connectivity index (χ1v) is 7.45. The maximum absolute atomic E-state index is 11.9. The van der Waals surface area contributed by atoms with E-state index in [1.54, 1.807) is 6.07 Å². The summed E-state index contributed by atoms with van der Waals surface area (Å²) in [6, 6.07) is 7.58. The molecule has 4 nitrogen and oxygen atoms in total. The normalized spacial score (nSPS) is 15.7. The molecule has 0 saturated heterocycles. The van der Waals surface area contributed by atoms with Gasteiger partial charge in [-0.05, 0) is 30.9 Å². The average Bonchev–Trinajstić information content (AvgIpc) is 3.22. The highest BCUT2D eigenvalue weighted by Crippen LogP contribution is 2.34. The van der Waals surface area contributed by atoms with E-state index < -0.39 is 0 Å². The summed E-state index contributed by atoms with van der Waals surface area (Å²) in [6.45, 7) is 2.51. The van der Waals surface area contributed by atoms with Gasteiger partial charge in [0.1, 0.15) is 5.75 Å². The van der Waals surface area contributed by atoms with Crippen LogP contribution in [0.1, 0.15) is 39.0 Å². The van der Waals surface area contributed by atoms with Gasteiger partial charge in [-0.15, -0.1) is 0 Å². The van der Waals surface area contributed by atoms with Crippen molar-refractivity contribution in [2.24, 2.45) is 5.92 Å². The molecule has 3 N–H and O–H groups in total. The van der Waals surface area contributed by atoms with Crippen LogP contribution in [0.15, 0.2) is 24.3 Å². The largest absolute Gasteiger partial charge is 0.493 e. The van der Waals surface area contributed by atoms with Crippen molar-refractivity contribution in [1.82, 2.24) is 5.32 Å². The summed E-state index contributed by atoms with van der Waals surface area (Å²) in [5.74, 6) is 1.62. The zero-order valence-corrected chi connectivity index (χ0v) is 12.1. The van der Waals surface area contributed by atoms with E-state index in [-0.39, 0.29) is 5.91 Å². The van der Waals surface area contributed by atoms with Gasteiger partial charge >= 0.3 is 0 Å².